The maximum absolute atomic E-state index is 12.6. The fourth-order valence-electron chi connectivity index (χ4n) is 4.64. The van der Waals surface area contributed by atoms with E-state index < -0.39 is 0 Å². The van der Waals surface area contributed by atoms with Crippen molar-refractivity contribution in [1.82, 2.24) is 14.8 Å². The fourth-order valence-corrected chi connectivity index (χ4v) is 4.64. The van der Waals surface area contributed by atoms with Gasteiger partial charge in [-0.2, -0.15) is 0 Å². The second-order valence-corrected chi connectivity index (χ2v) is 7.32. The van der Waals surface area contributed by atoms with Crippen molar-refractivity contribution < 1.29 is 9.21 Å². The number of benzene rings is 1. The number of nitrogens with one attached hydrogen (secondary N) is 1. The van der Waals surface area contributed by atoms with Crippen LogP contribution in [0.1, 0.15) is 32.6 Å². The molecule has 2 saturated heterocycles. The number of hydrogen-bond acceptors (Lipinski definition) is 4. The molecular formula is C19H25N3O3. The van der Waals surface area contributed by atoms with Gasteiger partial charge in [0.25, 0.3) is 0 Å². The summed E-state index contributed by atoms with van der Waals surface area (Å²) in [5.74, 6) is -0.0992. The minimum absolute atomic E-state index is 0.190. The molecule has 2 aromatic rings. The molecule has 2 atom stereocenters. The molecule has 1 aromatic heterocycles. The Hall–Kier alpha value is -2.08. The molecule has 2 aliphatic rings. The Morgan fingerprint density at radius 3 is 2.84 bits per heavy atom. The number of carbonyl (C=O) groups is 1. The largest absolute Gasteiger partial charge is 0.419 e. The third-order valence-corrected chi connectivity index (χ3v) is 6.14. The molecule has 0 aliphatic carbocycles. The van der Waals surface area contributed by atoms with Crippen molar-refractivity contribution in [3.05, 3.63) is 34.8 Å². The van der Waals surface area contributed by atoms with Gasteiger partial charge in [0.1, 0.15) is 0 Å². The molecule has 134 valence electrons. The molecule has 6 heteroatoms. The summed E-state index contributed by atoms with van der Waals surface area (Å²) in [6, 6.07) is 7.70. The third-order valence-electron chi connectivity index (χ3n) is 6.14. The Kier molecular flexibility index (Phi) is 4.15. The smallest absolute Gasteiger partial charge is 0.408 e. The van der Waals surface area contributed by atoms with E-state index in [1.165, 1.54) is 0 Å². The molecule has 0 radical (unpaired) electrons. The van der Waals surface area contributed by atoms with Crippen LogP contribution >= 0.6 is 0 Å². The summed E-state index contributed by atoms with van der Waals surface area (Å²) in [6.45, 7) is 5.27. The summed E-state index contributed by atoms with van der Waals surface area (Å²) in [7, 11) is 0. The number of fused-ring (bicyclic) bond motifs is 1. The van der Waals surface area contributed by atoms with Crippen molar-refractivity contribution in [3.63, 3.8) is 0 Å². The zero-order valence-corrected chi connectivity index (χ0v) is 14.7. The van der Waals surface area contributed by atoms with Crippen LogP contribution in [0.15, 0.2) is 33.5 Å². The van der Waals surface area contributed by atoms with Crippen molar-refractivity contribution in [1.29, 1.82) is 0 Å². The Labute approximate surface area is 146 Å². The summed E-state index contributed by atoms with van der Waals surface area (Å²) in [5, 5.41) is 3.06. The van der Waals surface area contributed by atoms with E-state index in [4.69, 9.17) is 4.42 Å². The van der Waals surface area contributed by atoms with Crippen molar-refractivity contribution in [2.24, 2.45) is 5.41 Å². The van der Waals surface area contributed by atoms with Crippen LogP contribution in [0.3, 0.4) is 0 Å². The molecule has 6 nitrogen and oxygen atoms in total. The topological polar surface area (TPSA) is 67.5 Å². The van der Waals surface area contributed by atoms with Gasteiger partial charge in [0, 0.05) is 25.7 Å². The molecule has 1 spiro atoms. The summed E-state index contributed by atoms with van der Waals surface area (Å²) >= 11 is 0. The number of rotatable bonds is 3. The molecule has 3 heterocycles. The van der Waals surface area contributed by atoms with Gasteiger partial charge < -0.3 is 9.73 Å². The van der Waals surface area contributed by atoms with E-state index >= 15 is 0 Å². The highest BCUT2D eigenvalue weighted by Crippen LogP contribution is 2.41. The van der Waals surface area contributed by atoms with Crippen molar-refractivity contribution in [3.8, 4) is 0 Å². The first-order valence-corrected chi connectivity index (χ1v) is 9.22. The summed E-state index contributed by atoms with van der Waals surface area (Å²) < 4.78 is 7.02. The predicted octanol–water partition coefficient (Wildman–Crippen LogP) is 1.98. The molecule has 0 saturated carbocycles. The number of oxazole rings is 1. The van der Waals surface area contributed by atoms with Gasteiger partial charge in [-0.3, -0.25) is 14.3 Å². The highest BCUT2D eigenvalue weighted by atomic mass is 16.4. The first-order valence-electron chi connectivity index (χ1n) is 9.22. The van der Waals surface area contributed by atoms with E-state index in [0.29, 0.717) is 12.1 Å². The minimum atomic E-state index is -0.309. The van der Waals surface area contributed by atoms with Crippen LogP contribution in [0.2, 0.25) is 0 Å². The van der Waals surface area contributed by atoms with Gasteiger partial charge in [0.2, 0.25) is 5.91 Å². The Morgan fingerprint density at radius 2 is 2.00 bits per heavy atom. The molecule has 4 rings (SSSR count). The number of piperidine rings is 2. The summed E-state index contributed by atoms with van der Waals surface area (Å²) in [4.78, 5) is 27.1. The molecule has 0 bridgehead atoms. The van der Waals surface area contributed by atoms with E-state index in [1.54, 1.807) is 4.57 Å². The first-order chi connectivity index (χ1) is 12.1. The van der Waals surface area contributed by atoms with E-state index in [9.17, 15) is 9.59 Å². The number of amides is 1. The minimum Gasteiger partial charge on any atom is -0.408 e. The average molecular weight is 343 g/mol. The van der Waals surface area contributed by atoms with E-state index in [2.05, 4.69) is 17.1 Å². The third kappa shape index (κ3) is 2.68. The predicted molar refractivity (Wildman–Crippen MR) is 95.4 cm³/mol. The van der Waals surface area contributed by atoms with Gasteiger partial charge in [-0.1, -0.05) is 12.1 Å². The lowest BCUT2D eigenvalue weighted by Crippen LogP contribution is -2.60. The number of nitrogens with zero attached hydrogens (tertiary/aromatic N) is 2. The van der Waals surface area contributed by atoms with Crippen molar-refractivity contribution in [2.45, 2.75) is 45.2 Å². The van der Waals surface area contributed by atoms with Crippen LogP contribution in [-0.2, 0) is 11.3 Å². The second kappa shape index (κ2) is 6.33. The zero-order valence-electron chi connectivity index (χ0n) is 14.7. The quantitative estimate of drug-likeness (QED) is 0.925. The summed E-state index contributed by atoms with van der Waals surface area (Å²) in [5.41, 5.74) is 1.20. The lowest BCUT2D eigenvalue weighted by Gasteiger charge is -2.49. The van der Waals surface area contributed by atoms with Crippen molar-refractivity contribution in [2.75, 3.05) is 19.6 Å². The van der Waals surface area contributed by atoms with E-state index in [-0.39, 0.29) is 23.1 Å². The Bertz CT molecular complexity index is 836. The molecule has 2 fully saturated rings. The maximum Gasteiger partial charge on any atom is 0.419 e. The number of carbonyl (C=O) groups excluding carboxylic acids is 1. The number of likely N-dealkylation sites (tertiary alicyclic amines) is 1. The monoisotopic (exact) mass is 343 g/mol. The Morgan fingerprint density at radius 1 is 1.20 bits per heavy atom. The van der Waals surface area contributed by atoms with Gasteiger partial charge in [0.15, 0.2) is 5.58 Å². The van der Waals surface area contributed by atoms with Gasteiger partial charge in [-0.15, -0.1) is 0 Å². The summed E-state index contributed by atoms with van der Waals surface area (Å²) in [6.07, 6.45) is 4.00. The van der Waals surface area contributed by atoms with Gasteiger partial charge in [-0.05, 0) is 51.3 Å². The number of para-hydroxylation sites is 2. The highest BCUT2D eigenvalue weighted by molar-refractivity contribution is 5.84. The molecule has 1 aromatic carbocycles. The second-order valence-electron chi connectivity index (χ2n) is 7.32. The van der Waals surface area contributed by atoms with Gasteiger partial charge in [0.05, 0.1) is 10.9 Å². The van der Waals surface area contributed by atoms with Crippen LogP contribution < -0.4 is 11.1 Å². The Balaban J connectivity index is 1.53. The van der Waals surface area contributed by atoms with Crippen LogP contribution in [0.5, 0.6) is 0 Å². The zero-order chi connectivity index (χ0) is 17.4. The average Bonchev–Trinajstić information content (AvgIpc) is 2.94. The van der Waals surface area contributed by atoms with Gasteiger partial charge in [-0.25, -0.2) is 4.79 Å². The van der Waals surface area contributed by atoms with Crippen LogP contribution in [0.4, 0.5) is 0 Å². The lowest BCUT2D eigenvalue weighted by molar-refractivity contribution is -0.141. The molecular weight excluding hydrogens is 318 g/mol. The molecule has 1 amide bonds. The van der Waals surface area contributed by atoms with Crippen LogP contribution in [0.25, 0.3) is 11.1 Å². The van der Waals surface area contributed by atoms with E-state index in [1.807, 2.05) is 24.3 Å². The standard InChI is InChI=1S/C19H25N3O3/c1-14-19(8-4-10-20-17(19)23)9-5-11-21(14)12-13-22-15-6-2-3-7-16(15)25-18(22)24/h2-3,6-7,14H,4-5,8-13H2,1H3,(H,20,23)/t14-,19-/m0/s1. The van der Waals surface area contributed by atoms with Gasteiger partial charge >= 0.3 is 5.76 Å². The molecule has 2 aliphatic heterocycles. The number of hydrogen-bond donors (Lipinski definition) is 1. The fraction of sp³-hybridized carbons (Fsp3) is 0.579. The normalized spacial score (nSPS) is 27.7. The maximum atomic E-state index is 12.6. The highest BCUT2D eigenvalue weighted by Gasteiger charge is 2.48. The lowest BCUT2D eigenvalue weighted by atomic mass is 9.68. The number of aromatic nitrogens is 1. The molecule has 0 unspecified atom stereocenters. The first kappa shape index (κ1) is 16.4. The van der Waals surface area contributed by atoms with Crippen molar-refractivity contribution >= 4 is 17.0 Å². The molecule has 1 N–H and O–H groups in total. The van der Waals surface area contributed by atoms with E-state index in [0.717, 1.165) is 50.8 Å². The van der Waals surface area contributed by atoms with Crippen LogP contribution in [-0.4, -0.2) is 41.1 Å². The SMILES string of the molecule is C[C@@H]1N(CCn2c(=O)oc3ccccc32)CCC[C@@]12CCCNC2=O. The molecule has 25 heavy (non-hydrogen) atoms. The van der Waals surface area contributed by atoms with Crippen LogP contribution in [0, 0.1) is 5.41 Å².